The van der Waals surface area contributed by atoms with Gasteiger partial charge < -0.3 is 10.2 Å². The summed E-state index contributed by atoms with van der Waals surface area (Å²) >= 11 is 0. The first-order valence-electron chi connectivity index (χ1n) is 9.12. The summed E-state index contributed by atoms with van der Waals surface area (Å²) in [5, 5.41) is 20.8. The standard InChI is InChI=1S/C19H26O3/c1-18-7-6-12-11-3-5-15(20)17(22)13(11)2-4-14(12)19(18)9-10(19)8-16(18)21/h10-12,14,16,21-22H,2-9H2,1H3/t10-,11+,12+,14+,16-,18+,19+/m0/s1. The molecule has 0 saturated heterocycles. The Kier molecular flexibility index (Phi) is 2.46. The van der Waals surface area contributed by atoms with Gasteiger partial charge in [0.25, 0.3) is 0 Å². The number of carbonyl (C=O) groups is 1. The second kappa shape index (κ2) is 3.98. The lowest BCUT2D eigenvalue weighted by Crippen LogP contribution is -2.50. The van der Waals surface area contributed by atoms with Crippen LogP contribution in [0.2, 0.25) is 0 Å². The zero-order valence-electron chi connectivity index (χ0n) is 13.3. The maximum atomic E-state index is 11.8. The van der Waals surface area contributed by atoms with Crippen LogP contribution in [0.5, 0.6) is 0 Å². The van der Waals surface area contributed by atoms with Gasteiger partial charge in [-0.05, 0) is 85.0 Å². The van der Waals surface area contributed by atoms with Crippen LogP contribution < -0.4 is 0 Å². The highest BCUT2D eigenvalue weighted by molar-refractivity contribution is 5.94. The van der Waals surface area contributed by atoms with E-state index < -0.39 is 0 Å². The predicted octanol–water partition coefficient (Wildman–Crippen LogP) is 3.37. The van der Waals surface area contributed by atoms with Gasteiger partial charge in [0.05, 0.1) is 6.10 Å². The summed E-state index contributed by atoms with van der Waals surface area (Å²) in [7, 11) is 0. The van der Waals surface area contributed by atoms with E-state index in [1.54, 1.807) is 0 Å². The van der Waals surface area contributed by atoms with Crippen molar-refractivity contribution < 1.29 is 15.0 Å². The van der Waals surface area contributed by atoms with Gasteiger partial charge in [-0.25, -0.2) is 0 Å². The van der Waals surface area contributed by atoms with Gasteiger partial charge in [-0.15, -0.1) is 0 Å². The summed E-state index contributed by atoms with van der Waals surface area (Å²) in [6, 6.07) is 0. The maximum Gasteiger partial charge on any atom is 0.197 e. The molecule has 5 rings (SSSR count). The molecule has 4 fully saturated rings. The SMILES string of the molecule is C[C@]12CC[C@H]3[C@@H](CCC4=C(O)C(=O)CC[C@@H]43)[C@]13C[C@@H]3C[C@@H]2O. The number of allylic oxidation sites excluding steroid dienone is 1. The summed E-state index contributed by atoms with van der Waals surface area (Å²) in [6.45, 7) is 2.34. The number of aliphatic hydroxyl groups excluding tert-OH is 2. The fraction of sp³-hybridized carbons (Fsp3) is 0.842. The van der Waals surface area contributed by atoms with Crippen molar-refractivity contribution in [1.82, 2.24) is 0 Å². The topological polar surface area (TPSA) is 57.5 Å². The Hall–Kier alpha value is -0.830. The molecule has 0 amide bonds. The van der Waals surface area contributed by atoms with Crippen molar-refractivity contribution in [2.24, 2.45) is 34.5 Å². The van der Waals surface area contributed by atoms with Gasteiger partial charge in [0.2, 0.25) is 0 Å². The summed E-state index contributed by atoms with van der Waals surface area (Å²) in [6.07, 6.45) is 8.02. The molecule has 0 unspecified atom stereocenters. The van der Waals surface area contributed by atoms with E-state index in [1.165, 1.54) is 12.8 Å². The van der Waals surface area contributed by atoms with Crippen LogP contribution in [0, 0.1) is 34.5 Å². The van der Waals surface area contributed by atoms with Crippen LogP contribution in [0.3, 0.4) is 0 Å². The van der Waals surface area contributed by atoms with E-state index in [9.17, 15) is 15.0 Å². The third-order valence-electron chi connectivity index (χ3n) is 8.57. The molecule has 5 aliphatic carbocycles. The minimum absolute atomic E-state index is 0.0379. The van der Waals surface area contributed by atoms with Crippen molar-refractivity contribution in [3.8, 4) is 0 Å². The van der Waals surface area contributed by atoms with Crippen molar-refractivity contribution in [3.05, 3.63) is 11.3 Å². The molecule has 2 N–H and O–H groups in total. The van der Waals surface area contributed by atoms with Gasteiger partial charge in [-0.2, -0.15) is 0 Å². The summed E-state index contributed by atoms with van der Waals surface area (Å²) in [5.41, 5.74) is 1.60. The molecule has 0 aliphatic heterocycles. The number of ketones is 1. The molecule has 1 spiro atoms. The summed E-state index contributed by atoms with van der Waals surface area (Å²) in [5.74, 6) is 2.60. The average Bonchev–Trinajstić information content (AvgIpc) is 3.16. The van der Waals surface area contributed by atoms with E-state index in [-0.39, 0.29) is 23.1 Å². The van der Waals surface area contributed by atoms with Crippen LogP contribution in [0.15, 0.2) is 11.3 Å². The minimum atomic E-state index is -0.106. The van der Waals surface area contributed by atoms with Gasteiger partial charge in [0, 0.05) is 6.42 Å². The molecule has 5 aliphatic rings. The third-order valence-corrected chi connectivity index (χ3v) is 8.57. The zero-order chi connectivity index (χ0) is 15.3. The van der Waals surface area contributed by atoms with E-state index in [4.69, 9.17) is 0 Å². The van der Waals surface area contributed by atoms with Crippen LogP contribution >= 0.6 is 0 Å². The Bertz CT molecular complexity index is 593. The van der Waals surface area contributed by atoms with E-state index in [2.05, 4.69) is 6.92 Å². The lowest BCUT2D eigenvalue weighted by Gasteiger charge is -2.55. The minimum Gasteiger partial charge on any atom is -0.504 e. The summed E-state index contributed by atoms with van der Waals surface area (Å²) in [4.78, 5) is 11.8. The Morgan fingerprint density at radius 3 is 2.82 bits per heavy atom. The molecule has 4 saturated carbocycles. The molecule has 0 heterocycles. The highest BCUT2D eigenvalue weighted by Crippen LogP contribution is 2.81. The molecular weight excluding hydrogens is 276 g/mol. The van der Waals surface area contributed by atoms with Crippen molar-refractivity contribution >= 4 is 5.78 Å². The number of carbonyl (C=O) groups excluding carboxylic acids is 1. The predicted molar refractivity (Wildman–Crippen MR) is 82.1 cm³/mol. The van der Waals surface area contributed by atoms with Crippen LogP contribution in [-0.4, -0.2) is 22.1 Å². The van der Waals surface area contributed by atoms with Gasteiger partial charge in [0.15, 0.2) is 11.5 Å². The summed E-state index contributed by atoms with van der Waals surface area (Å²) < 4.78 is 0. The van der Waals surface area contributed by atoms with Gasteiger partial charge in [-0.1, -0.05) is 6.92 Å². The highest BCUT2D eigenvalue weighted by atomic mass is 16.3. The van der Waals surface area contributed by atoms with Crippen molar-refractivity contribution in [3.63, 3.8) is 0 Å². The number of aliphatic hydroxyl groups is 2. The normalized spacial score (nSPS) is 56.1. The van der Waals surface area contributed by atoms with Crippen molar-refractivity contribution in [1.29, 1.82) is 0 Å². The largest absolute Gasteiger partial charge is 0.504 e. The van der Waals surface area contributed by atoms with Crippen LogP contribution in [0.1, 0.15) is 58.3 Å². The lowest BCUT2D eigenvalue weighted by molar-refractivity contribution is -0.120. The van der Waals surface area contributed by atoms with Crippen LogP contribution in [0.4, 0.5) is 0 Å². The average molecular weight is 302 g/mol. The molecule has 22 heavy (non-hydrogen) atoms. The first-order valence-corrected chi connectivity index (χ1v) is 9.12. The molecule has 7 atom stereocenters. The number of hydrogen-bond donors (Lipinski definition) is 2. The fourth-order valence-corrected chi connectivity index (χ4v) is 7.48. The Labute approximate surface area is 131 Å². The zero-order valence-corrected chi connectivity index (χ0v) is 13.3. The van der Waals surface area contributed by atoms with Crippen LogP contribution in [-0.2, 0) is 4.79 Å². The molecule has 0 radical (unpaired) electrons. The van der Waals surface area contributed by atoms with E-state index in [0.717, 1.165) is 43.6 Å². The van der Waals surface area contributed by atoms with Gasteiger partial charge in [-0.3, -0.25) is 4.79 Å². The van der Waals surface area contributed by atoms with E-state index in [0.29, 0.717) is 29.6 Å². The van der Waals surface area contributed by atoms with Gasteiger partial charge in [0.1, 0.15) is 0 Å². The number of fused-ring (bicyclic) bond motifs is 3. The smallest absolute Gasteiger partial charge is 0.197 e. The maximum absolute atomic E-state index is 11.8. The lowest BCUT2D eigenvalue weighted by atomic mass is 9.49. The van der Waals surface area contributed by atoms with Crippen molar-refractivity contribution in [2.75, 3.05) is 0 Å². The number of Topliss-reactive ketones (excluding diaryl/α,β-unsaturated/α-hetero) is 1. The molecule has 3 heteroatoms. The Morgan fingerprint density at radius 2 is 2.00 bits per heavy atom. The number of rotatable bonds is 0. The molecule has 0 bridgehead atoms. The highest BCUT2D eigenvalue weighted by Gasteiger charge is 2.77. The number of hydrogen-bond acceptors (Lipinski definition) is 3. The van der Waals surface area contributed by atoms with Crippen LogP contribution in [0.25, 0.3) is 0 Å². The first kappa shape index (κ1) is 13.6. The molecule has 0 aromatic carbocycles. The molecule has 120 valence electrons. The third kappa shape index (κ3) is 1.32. The Balaban J connectivity index is 1.54. The Morgan fingerprint density at radius 1 is 1.18 bits per heavy atom. The quantitative estimate of drug-likeness (QED) is 0.721. The second-order valence-corrected chi connectivity index (χ2v) is 8.90. The molecule has 3 nitrogen and oxygen atoms in total. The monoisotopic (exact) mass is 302 g/mol. The molecular formula is C19H26O3. The molecule has 0 aromatic heterocycles. The van der Waals surface area contributed by atoms with E-state index >= 15 is 0 Å². The fourth-order valence-electron chi connectivity index (χ4n) is 7.48. The van der Waals surface area contributed by atoms with Crippen molar-refractivity contribution in [2.45, 2.75) is 64.4 Å². The molecule has 0 aromatic rings. The van der Waals surface area contributed by atoms with Gasteiger partial charge >= 0.3 is 0 Å². The second-order valence-electron chi connectivity index (χ2n) is 8.90. The first-order chi connectivity index (χ1) is 10.5. The van der Waals surface area contributed by atoms with E-state index in [1.807, 2.05) is 0 Å².